The number of carbonyl (C=O) groups is 1. The number of anilines is 2. The number of benzene rings is 2. The molecule has 6 N–H and O–H groups in total. The molecule has 2 aromatic carbocycles. The van der Waals surface area contributed by atoms with Gasteiger partial charge >= 0.3 is 0 Å². The summed E-state index contributed by atoms with van der Waals surface area (Å²) in [6.07, 6.45) is 4.08. The van der Waals surface area contributed by atoms with Gasteiger partial charge in [-0.3, -0.25) is 13.9 Å². The molecule has 1 saturated carbocycles. The van der Waals surface area contributed by atoms with E-state index in [1.54, 1.807) is 0 Å². The monoisotopic (exact) mass is 444 g/mol. The van der Waals surface area contributed by atoms with Crippen LogP contribution >= 0.6 is 0 Å². The van der Waals surface area contributed by atoms with Gasteiger partial charge < -0.3 is 16.2 Å². The Morgan fingerprint density at radius 3 is 2.17 bits per heavy atom. The highest BCUT2D eigenvalue weighted by molar-refractivity contribution is 7.86. The van der Waals surface area contributed by atoms with Crippen molar-refractivity contribution in [2.24, 2.45) is 5.92 Å². The zero-order valence-electron chi connectivity index (χ0n) is 15.1. The standard InChI is InChI=1S/C17H20N2O8S2/c18-15-13(29(25,26)27)7-10-6-11(28(22,23)24)8-12(14(10)16(15)20)19-17(21)9-4-2-1-3-5-9/h6-9,20H,1-5,18H2,(H,19,21)(H,22,23,24)(H,25,26,27). The van der Waals surface area contributed by atoms with Gasteiger partial charge in [0.2, 0.25) is 5.91 Å². The summed E-state index contributed by atoms with van der Waals surface area (Å²) in [4.78, 5) is 11.2. The summed E-state index contributed by atoms with van der Waals surface area (Å²) in [5.41, 5.74) is 4.82. The lowest BCUT2D eigenvalue weighted by Gasteiger charge is -2.22. The number of aromatic hydroxyl groups is 1. The van der Waals surface area contributed by atoms with Crippen molar-refractivity contribution in [3.8, 4) is 5.75 Å². The van der Waals surface area contributed by atoms with Crippen LogP contribution in [-0.2, 0) is 25.0 Å². The van der Waals surface area contributed by atoms with E-state index in [-0.39, 0.29) is 22.4 Å². The molecule has 1 aliphatic rings. The zero-order chi connectivity index (χ0) is 21.6. The van der Waals surface area contributed by atoms with E-state index in [9.17, 15) is 35.8 Å². The molecule has 0 radical (unpaired) electrons. The van der Waals surface area contributed by atoms with Gasteiger partial charge in [0.15, 0.2) is 0 Å². The lowest BCUT2D eigenvalue weighted by Crippen LogP contribution is -2.25. The molecule has 158 valence electrons. The number of fused-ring (bicyclic) bond motifs is 1. The molecule has 0 bridgehead atoms. The highest BCUT2D eigenvalue weighted by Crippen LogP contribution is 2.42. The quantitative estimate of drug-likeness (QED) is 0.268. The highest BCUT2D eigenvalue weighted by atomic mass is 32.2. The maximum atomic E-state index is 12.6. The molecule has 2 aromatic rings. The van der Waals surface area contributed by atoms with Crippen LogP contribution in [0.1, 0.15) is 32.1 Å². The Labute approximate surface area is 167 Å². The number of hydrogen-bond acceptors (Lipinski definition) is 7. The number of rotatable bonds is 4. The third-order valence-electron chi connectivity index (χ3n) is 5.00. The maximum absolute atomic E-state index is 12.6. The van der Waals surface area contributed by atoms with E-state index >= 15 is 0 Å². The Balaban J connectivity index is 2.24. The molecule has 10 nitrogen and oxygen atoms in total. The van der Waals surface area contributed by atoms with Crippen LogP contribution in [0.5, 0.6) is 5.75 Å². The van der Waals surface area contributed by atoms with Crippen molar-refractivity contribution in [2.75, 3.05) is 11.1 Å². The average molecular weight is 444 g/mol. The van der Waals surface area contributed by atoms with Crippen LogP contribution in [0.3, 0.4) is 0 Å². The molecular weight excluding hydrogens is 424 g/mol. The van der Waals surface area contributed by atoms with E-state index in [0.717, 1.165) is 37.5 Å². The second-order valence-electron chi connectivity index (χ2n) is 6.98. The van der Waals surface area contributed by atoms with Gasteiger partial charge in [-0.2, -0.15) is 16.8 Å². The van der Waals surface area contributed by atoms with E-state index in [1.807, 2.05) is 0 Å². The molecule has 12 heteroatoms. The Morgan fingerprint density at radius 1 is 1.00 bits per heavy atom. The Morgan fingerprint density at radius 2 is 1.62 bits per heavy atom. The van der Waals surface area contributed by atoms with Gasteiger partial charge in [0.1, 0.15) is 10.6 Å². The number of nitrogens with two attached hydrogens (primary N) is 1. The number of nitrogens with one attached hydrogen (secondary N) is 1. The molecule has 0 aromatic heterocycles. The summed E-state index contributed by atoms with van der Waals surface area (Å²) in [5, 5.41) is 12.7. The molecule has 0 atom stereocenters. The lowest BCUT2D eigenvalue weighted by molar-refractivity contribution is -0.120. The first-order chi connectivity index (χ1) is 13.4. The van der Waals surface area contributed by atoms with Crippen molar-refractivity contribution >= 4 is 48.3 Å². The van der Waals surface area contributed by atoms with E-state index in [1.165, 1.54) is 0 Å². The fourth-order valence-electron chi connectivity index (χ4n) is 3.55. The van der Waals surface area contributed by atoms with Crippen molar-refractivity contribution in [1.82, 2.24) is 0 Å². The number of phenolic OH excluding ortho intramolecular Hbond substituents is 1. The van der Waals surface area contributed by atoms with Crippen molar-refractivity contribution in [3.63, 3.8) is 0 Å². The summed E-state index contributed by atoms with van der Waals surface area (Å²) >= 11 is 0. The minimum absolute atomic E-state index is 0.119. The van der Waals surface area contributed by atoms with Gasteiger partial charge in [0, 0.05) is 11.3 Å². The summed E-state index contributed by atoms with van der Waals surface area (Å²) in [7, 11) is -9.56. The summed E-state index contributed by atoms with van der Waals surface area (Å²) < 4.78 is 65.1. The van der Waals surface area contributed by atoms with Gasteiger partial charge in [-0.1, -0.05) is 19.3 Å². The number of nitrogen functional groups attached to an aromatic ring is 1. The van der Waals surface area contributed by atoms with Crippen LogP contribution in [0, 0.1) is 5.92 Å². The lowest BCUT2D eigenvalue weighted by atomic mass is 9.88. The van der Waals surface area contributed by atoms with Gasteiger partial charge in [0.05, 0.1) is 16.3 Å². The number of phenols is 1. The highest BCUT2D eigenvalue weighted by Gasteiger charge is 2.26. The smallest absolute Gasteiger partial charge is 0.296 e. The molecule has 0 aliphatic heterocycles. The summed E-state index contributed by atoms with van der Waals surface area (Å²) in [6.45, 7) is 0. The van der Waals surface area contributed by atoms with Gasteiger partial charge in [-0.15, -0.1) is 0 Å². The topological polar surface area (TPSA) is 184 Å². The third kappa shape index (κ3) is 4.29. The Hall–Kier alpha value is -2.41. The van der Waals surface area contributed by atoms with Crippen LogP contribution < -0.4 is 11.1 Å². The average Bonchev–Trinajstić information content (AvgIpc) is 2.63. The molecular formula is C17H20N2O8S2. The second-order valence-corrected chi connectivity index (χ2v) is 9.79. The number of amides is 1. The number of carbonyl (C=O) groups excluding carboxylic acids is 1. The summed E-state index contributed by atoms with van der Waals surface area (Å²) in [5.74, 6) is -1.45. The zero-order valence-corrected chi connectivity index (χ0v) is 16.8. The van der Waals surface area contributed by atoms with Crippen molar-refractivity contribution in [2.45, 2.75) is 41.9 Å². The fourth-order valence-corrected chi connectivity index (χ4v) is 4.74. The molecule has 29 heavy (non-hydrogen) atoms. The number of hydrogen-bond donors (Lipinski definition) is 5. The van der Waals surface area contributed by atoms with Crippen molar-refractivity contribution in [1.29, 1.82) is 0 Å². The van der Waals surface area contributed by atoms with Gasteiger partial charge in [0.25, 0.3) is 20.2 Å². The second kappa shape index (κ2) is 7.44. The minimum atomic E-state index is -4.83. The fraction of sp³-hybridized carbons (Fsp3) is 0.353. The predicted molar refractivity (Wildman–Crippen MR) is 105 cm³/mol. The van der Waals surface area contributed by atoms with Crippen LogP contribution in [0.25, 0.3) is 10.8 Å². The molecule has 1 aliphatic carbocycles. The van der Waals surface area contributed by atoms with Crippen LogP contribution in [0.4, 0.5) is 11.4 Å². The van der Waals surface area contributed by atoms with Crippen LogP contribution in [-0.4, -0.2) is 37.0 Å². The predicted octanol–water partition coefficient (Wildman–Crippen LogP) is 2.14. The Bertz CT molecular complexity index is 1200. The molecule has 0 spiro atoms. The molecule has 1 amide bonds. The van der Waals surface area contributed by atoms with E-state index < -0.39 is 47.4 Å². The molecule has 1 fully saturated rings. The van der Waals surface area contributed by atoms with Gasteiger partial charge in [-0.05, 0) is 36.4 Å². The SMILES string of the molecule is Nc1c(S(=O)(=O)O)cc2cc(S(=O)(=O)O)cc(NC(=O)C3CCCCC3)c2c1O. The normalized spacial score (nSPS) is 16.1. The molecule has 0 saturated heterocycles. The molecule has 3 rings (SSSR count). The molecule has 0 heterocycles. The van der Waals surface area contributed by atoms with E-state index in [4.69, 9.17) is 5.73 Å². The first-order valence-corrected chi connectivity index (χ1v) is 11.6. The van der Waals surface area contributed by atoms with Crippen molar-refractivity contribution < 1.29 is 35.8 Å². The largest absolute Gasteiger partial charge is 0.505 e. The first-order valence-electron chi connectivity index (χ1n) is 8.74. The molecule has 0 unspecified atom stereocenters. The van der Waals surface area contributed by atoms with Gasteiger partial charge in [-0.25, -0.2) is 0 Å². The van der Waals surface area contributed by atoms with Crippen molar-refractivity contribution in [3.05, 3.63) is 18.2 Å². The first kappa shape index (κ1) is 21.3. The van der Waals surface area contributed by atoms with E-state index in [2.05, 4.69) is 5.32 Å². The van der Waals surface area contributed by atoms with E-state index in [0.29, 0.717) is 12.8 Å². The third-order valence-corrected chi connectivity index (χ3v) is 6.72. The summed E-state index contributed by atoms with van der Waals surface area (Å²) in [6, 6.07) is 2.70. The maximum Gasteiger partial charge on any atom is 0.296 e. The Kier molecular flexibility index (Phi) is 5.47. The van der Waals surface area contributed by atoms with Crippen LogP contribution in [0.2, 0.25) is 0 Å². The minimum Gasteiger partial charge on any atom is -0.505 e. The van der Waals surface area contributed by atoms with Crippen LogP contribution in [0.15, 0.2) is 28.0 Å².